The Balaban J connectivity index is 1.42. The molecule has 1 aliphatic heterocycles. The number of anilines is 2. The molecule has 3 unspecified atom stereocenters. The van der Waals surface area contributed by atoms with Gasteiger partial charge in [-0.25, -0.2) is 4.68 Å². The predicted molar refractivity (Wildman–Crippen MR) is 141 cm³/mol. The number of hydrogen-bond donors (Lipinski definition) is 2. The molecule has 2 aliphatic rings. The SMILES string of the molecule is Cc1ccc(C2CC(C(F)(F)F)n3nc(C(=O)Nc4sc5c(c4C#N)CCC(C(C)(C)C)C5)cc3N2)cc1. The molecule has 2 aromatic heterocycles. The van der Waals surface area contributed by atoms with Crippen LogP contribution in [-0.4, -0.2) is 21.9 Å². The highest BCUT2D eigenvalue weighted by molar-refractivity contribution is 7.16. The summed E-state index contributed by atoms with van der Waals surface area (Å²) < 4.78 is 43.0. The van der Waals surface area contributed by atoms with Crippen LogP contribution in [0.15, 0.2) is 30.3 Å². The van der Waals surface area contributed by atoms with Crippen molar-refractivity contribution in [3.8, 4) is 6.07 Å². The maximum Gasteiger partial charge on any atom is 0.410 e. The van der Waals surface area contributed by atoms with Crippen molar-refractivity contribution in [1.82, 2.24) is 9.78 Å². The van der Waals surface area contributed by atoms with Gasteiger partial charge in [0, 0.05) is 17.4 Å². The molecule has 200 valence electrons. The smallest absolute Gasteiger partial charge is 0.363 e. The fraction of sp³-hybridized carbons (Fsp3) is 0.464. The summed E-state index contributed by atoms with van der Waals surface area (Å²) in [7, 11) is 0. The molecule has 1 aromatic carbocycles. The summed E-state index contributed by atoms with van der Waals surface area (Å²) in [5.41, 5.74) is 3.17. The first-order valence-electron chi connectivity index (χ1n) is 12.7. The summed E-state index contributed by atoms with van der Waals surface area (Å²) in [6, 6.07) is 8.48. The Labute approximate surface area is 223 Å². The molecule has 0 spiro atoms. The number of amides is 1. The number of nitrogens with one attached hydrogen (secondary N) is 2. The molecule has 0 fully saturated rings. The Bertz CT molecular complexity index is 1410. The summed E-state index contributed by atoms with van der Waals surface area (Å²) in [6.45, 7) is 8.53. The Morgan fingerprint density at radius 2 is 1.95 bits per heavy atom. The maximum atomic E-state index is 14.1. The third kappa shape index (κ3) is 4.92. The average molecular weight is 542 g/mol. The first-order chi connectivity index (χ1) is 17.8. The number of halogens is 3. The fourth-order valence-electron chi connectivity index (χ4n) is 5.40. The van der Waals surface area contributed by atoms with Gasteiger partial charge < -0.3 is 10.6 Å². The van der Waals surface area contributed by atoms with E-state index in [2.05, 4.69) is 42.6 Å². The van der Waals surface area contributed by atoms with Crippen LogP contribution in [0.5, 0.6) is 0 Å². The second kappa shape index (κ2) is 9.45. The molecule has 1 aliphatic carbocycles. The van der Waals surface area contributed by atoms with Crippen LogP contribution in [0.1, 0.15) is 83.3 Å². The molecule has 5 rings (SSSR count). The van der Waals surface area contributed by atoms with Crippen LogP contribution in [0.4, 0.5) is 24.0 Å². The molecular formula is C28H30F3N5OS. The highest BCUT2D eigenvalue weighted by Gasteiger charge is 2.47. The van der Waals surface area contributed by atoms with Gasteiger partial charge in [0.15, 0.2) is 11.7 Å². The van der Waals surface area contributed by atoms with Gasteiger partial charge in [0.2, 0.25) is 0 Å². The quantitative estimate of drug-likeness (QED) is 0.368. The zero-order chi connectivity index (χ0) is 27.4. The number of alkyl halides is 3. The topological polar surface area (TPSA) is 82.7 Å². The molecule has 0 radical (unpaired) electrons. The fourth-order valence-corrected chi connectivity index (χ4v) is 6.67. The van der Waals surface area contributed by atoms with Crippen molar-refractivity contribution < 1.29 is 18.0 Å². The van der Waals surface area contributed by atoms with Gasteiger partial charge in [0.05, 0.1) is 11.6 Å². The summed E-state index contributed by atoms with van der Waals surface area (Å²) in [6.07, 6.45) is -2.21. The normalized spacial score (nSPS) is 21.2. The monoisotopic (exact) mass is 541 g/mol. The van der Waals surface area contributed by atoms with E-state index in [1.165, 1.54) is 17.4 Å². The molecule has 0 saturated carbocycles. The molecule has 3 heterocycles. The Hall–Kier alpha value is -3.32. The summed E-state index contributed by atoms with van der Waals surface area (Å²) in [5, 5.41) is 20.2. The van der Waals surface area contributed by atoms with E-state index in [1.54, 1.807) is 0 Å². The lowest BCUT2D eigenvalue weighted by Gasteiger charge is -2.33. The second-order valence-corrected chi connectivity index (χ2v) is 12.4. The van der Waals surface area contributed by atoms with E-state index in [0.717, 1.165) is 45.5 Å². The van der Waals surface area contributed by atoms with Crippen molar-refractivity contribution in [2.24, 2.45) is 11.3 Å². The number of aryl methyl sites for hydroxylation is 1. The van der Waals surface area contributed by atoms with Gasteiger partial charge in [0.1, 0.15) is 16.9 Å². The highest BCUT2D eigenvalue weighted by atomic mass is 32.1. The lowest BCUT2D eigenvalue weighted by Crippen LogP contribution is -2.35. The molecule has 10 heteroatoms. The zero-order valence-electron chi connectivity index (χ0n) is 21.7. The molecule has 3 aromatic rings. The van der Waals surface area contributed by atoms with Crippen LogP contribution in [0.25, 0.3) is 0 Å². The van der Waals surface area contributed by atoms with Crippen LogP contribution in [0, 0.1) is 29.6 Å². The zero-order valence-corrected chi connectivity index (χ0v) is 22.6. The van der Waals surface area contributed by atoms with Crippen molar-refractivity contribution in [2.45, 2.75) is 71.6 Å². The van der Waals surface area contributed by atoms with Crippen molar-refractivity contribution in [3.63, 3.8) is 0 Å². The minimum atomic E-state index is -4.54. The van der Waals surface area contributed by atoms with E-state index in [4.69, 9.17) is 0 Å². The van der Waals surface area contributed by atoms with Crippen LogP contribution >= 0.6 is 11.3 Å². The van der Waals surface area contributed by atoms with Crippen molar-refractivity contribution in [2.75, 3.05) is 10.6 Å². The number of fused-ring (bicyclic) bond motifs is 2. The molecule has 0 bridgehead atoms. The van der Waals surface area contributed by atoms with E-state index in [-0.39, 0.29) is 23.3 Å². The van der Waals surface area contributed by atoms with Gasteiger partial charge in [-0.3, -0.25) is 4.79 Å². The largest absolute Gasteiger partial charge is 0.410 e. The van der Waals surface area contributed by atoms with Gasteiger partial charge in [0.25, 0.3) is 5.91 Å². The van der Waals surface area contributed by atoms with Gasteiger partial charge in [-0.1, -0.05) is 50.6 Å². The van der Waals surface area contributed by atoms with Crippen LogP contribution in [-0.2, 0) is 12.8 Å². The minimum Gasteiger partial charge on any atom is -0.363 e. The van der Waals surface area contributed by atoms with Crippen LogP contribution in [0.2, 0.25) is 0 Å². The number of aromatic nitrogens is 2. The third-order valence-electron chi connectivity index (χ3n) is 7.73. The van der Waals surface area contributed by atoms with Gasteiger partial charge in [-0.05, 0) is 48.6 Å². The Morgan fingerprint density at radius 1 is 1.24 bits per heavy atom. The molecular weight excluding hydrogens is 511 g/mol. The summed E-state index contributed by atoms with van der Waals surface area (Å²) >= 11 is 1.38. The van der Waals surface area contributed by atoms with Crippen molar-refractivity contribution >= 4 is 28.1 Å². The molecule has 1 amide bonds. The first-order valence-corrected chi connectivity index (χ1v) is 13.5. The van der Waals surface area contributed by atoms with E-state index in [1.807, 2.05) is 31.2 Å². The van der Waals surface area contributed by atoms with E-state index in [0.29, 0.717) is 16.5 Å². The molecule has 2 N–H and O–H groups in total. The number of carbonyl (C=O) groups excluding carboxylic acids is 1. The highest BCUT2D eigenvalue weighted by Crippen LogP contribution is 2.45. The average Bonchev–Trinajstić information content (AvgIpc) is 3.43. The number of benzene rings is 1. The number of nitriles is 1. The number of hydrogen-bond acceptors (Lipinski definition) is 5. The second-order valence-electron chi connectivity index (χ2n) is 11.3. The Kier molecular flexibility index (Phi) is 6.54. The molecule has 3 atom stereocenters. The van der Waals surface area contributed by atoms with Crippen LogP contribution < -0.4 is 10.6 Å². The van der Waals surface area contributed by atoms with Gasteiger partial charge in [-0.15, -0.1) is 11.3 Å². The van der Waals surface area contributed by atoms with Crippen molar-refractivity contribution in [3.05, 3.63) is 63.2 Å². The first kappa shape index (κ1) is 26.3. The lowest BCUT2D eigenvalue weighted by atomic mass is 9.72. The van der Waals surface area contributed by atoms with E-state index >= 15 is 0 Å². The van der Waals surface area contributed by atoms with Crippen molar-refractivity contribution in [1.29, 1.82) is 5.26 Å². The standard InChI is InChI=1S/C28H30F3N5OS/c1-15-5-7-16(8-6-15)20-12-23(28(29,30)31)36-24(33-20)13-21(35-36)25(37)34-26-19(14-32)18-10-9-17(27(2,3)4)11-22(18)38-26/h5-8,13,17,20,23,33H,9-12H2,1-4H3,(H,34,37). The van der Waals surface area contributed by atoms with E-state index < -0.39 is 24.2 Å². The molecule has 0 saturated heterocycles. The number of thiophene rings is 1. The number of nitrogens with zero attached hydrogens (tertiary/aromatic N) is 3. The minimum absolute atomic E-state index is 0.130. The Morgan fingerprint density at radius 3 is 2.58 bits per heavy atom. The number of carbonyl (C=O) groups is 1. The van der Waals surface area contributed by atoms with Crippen LogP contribution in [0.3, 0.4) is 0 Å². The van der Waals surface area contributed by atoms with Gasteiger partial charge in [-0.2, -0.15) is 23.5 Å². The maximum absolute atomic E-state index is 14.1. The summed E-state index contributed by atoms with van der Waals surface area (Å²) in [4.78, 5) is 14.3. The lowest BCUT2D eigenvalue weighted by molar-refractivity contribution is -0.173. The molecule has 6 nitrogen and oxygen atoms in total. The number of rotatable bonds is 3. The van der Waals surface area contributed by atoms with E-state index in [9.17, 15) is 23.2 Å². The third-order valence-corrected chi connectivity index (χ3v) is 8.90. The van der Waals surface area contributed by atoms with Gasteiger partial charge >= 0.3 is 6.18 Å². The predicted octanol–water partition coefficient (Wildman–Crippen LogP) is 7.19. The molecule has 38 heavy (non-hydrogen) atoms. The summed E-state index contributed by atoms with van der Waals surface area (Å²) in [5.74, 6) is -0.0345.